The molecule has 1 unspecified atom stereocenters. The number of allylic oxidation sites excluding steroid dienone is 2. The van der Waals surface area contributed by atoms with Crippen molar-refractivity contribution in [2.24, 2.45) is 7.05 Å². The fourth-order valence-electron chi connectivity index (χ4n) is 1.15. The van der Waals surface area contributed by atoms with Gasteiger partial charge in [-0.05, 0) is 19.9 Å². The maximum Gasteiger partial charge on any atom is 0.214 e. The summed E-state index contributed by atoms with van der Waals surface area (Å²) in [6, 6.07) is 0. The molecular formula is C9H12F2N2. The topological polar surface area (TPSA) is 17.8 Å². The van der Waals surface area contributed by atoms with E-state index in [9.17, 15) is 8.78 Å². The second kappa shape index (κ2) is 3.68. The molecule has 0 radical (unpaired) electrons. The van der Waals surface area contributed by atoms with Gasteiger partial charge in [-0.25, -0.2) is 9.07 Å². The summed E-state index contributed by atoms with van der Waals surface area (Å²) < 4.78 is 27.4. The second-order valence-electron chi connectivity index (χ2n) is 2.85. The van der Waals surface area contributed by atoms with E-state index in [0.717, 1.165) is 4.68 Å². The van der Waals surface area contributed by atoms with E-state index in [-0.39, 0.29) is 11.3 Å². The average Bonchev–Trinajstić information content (AvgIpc) is 2.33. The molecule has 0 N–H and O–H groups in total. The van der Waals surface area contributed by atoms with Crippen molar-refractivity contribution in [1.82, 2.24) is 9.78 Å². The quantitative estimate of drug-likeness (QED) is 0.649. The molecule has 0 saturated heterocycles. The summed E-state index contributed by atoms with van der Waals surface area (Å²) in [5.74, 6) is -0.484. The van der Waals surface area contributed by atoms with Gasteiger partial charge in [-0.3, -0.25) is 0 Å². The highest BCUT2D eigenvalue weighted by atomic mass is 19.1. The predicted octanol–water partition coefficient (Wildman–Crippen LogP) is 2.45. The Labute approximate surface area is 75.9 Å². The summed E-state index contributed by atoms with van der Waals surface area (Å²) in [6.07, 6.45) is 1.60. The van der Waals surface area contributed by atoms with Crippen LogP contribution in [0.4, 0.5) is 8.78 Å². The van der Waals surface area contributed by atoms with Crippen LogP contribution in [0.15, 0.2) is 12.2 Å². The lowest BCUT2D eigenvalue weighted by Crippen LogP contribution is -1.95. The third-order valence-corrected chi connectivity index (χ3v) is 1.86. The minimum absolute atomic E-state index is 0.151. The van der Waals surface area contributed by atoms with Gasteiger partial charge in [-0.2, -0.15) is 9.49 Å². The van der Waals surface area contributed by atoms with Gasteiger partial charge in [0.15, 0.2) is 6.17 Å². The van der Waals surface area contributed by atoms with Gasteiger partial charge in [0.1, 0.15) is 5.69 Å². The van der Waals surface area contributed by atoms with Gasteiger partial charge in [0.25, 0.3) is 0 Å². The molecule has 0 fully saturated rings. The number of halogens is 2. The number of alkyl halides is 1. The van der Waals surface area contributed by atoms with Crippen molar-refractivity contribution in [3.63, 3.8) is 0 Å². The maximum absolute atomic E-state index is 13.3. The van der Waals surface area contributed by atoms with Gasteiger partial charge in [-0.15, -0.1) is 0 Å². The van der Waals surface area contributed by atoms with E-state index in [2.05, 4.69) is 5.10 Å². The minimum atomic E-state index is -1.32. The molecule has 72 valence electrons. The summed E-state index contributed by atoms with van der Waals surface area (Å²) in [5.41, 5.74) is 0.422. The SMILES string of the molecule is CC=CC(F)c1nn(C)c(F)c1C. The van der Waals surface area contributed by atoms with Crippen LogP contribution in [0.25, 0.3) is 0 Å². The largest absolute Gasteiger partial charge is 0.242 e. The lowest BCUT2D eigenvalue weighted by Gasteiger charge is -1.97. The number of aryl methyl sites for hydroxylation is 1. The van der Waals surface area contributed by atoms with Crippen LogP contribution in [0.5, 0.6) is 0 Å². The average molecular weight is 186 g/mol. The van der Waals surface area contributed by atoms with E-state index in [1.54, 1.807) is 13.0 Å². The Morgan fingerprint density at radius 3 is 2.54 bits per heavy atom. The van der Waals surface area contributed by atoms with Crippen LogP contribution in [0, 0.1) is 12.9 Å². The van der Waals surface area contributed by atoms with Crippen LogP contribution < -0.4 is 0 Å². The summed E-state index contributed by atoms with van der Waals surface area (Å²) in [4.78, 5) is 0. The third kappa shape index (κ3) is 1.76. The van der Waals surface area contributed by atoms with Gasteiger partial charge >= 0.3 is 0 Å². The Kier molecular flexibility index (Phi) is 2.80. The summed E-state index contributed by atoms with van der Waals surface area (Å²) >= 11 is 0. The number of rotatable bonds is 2. The standard InChI is InChI=1S/C9H12F2N2/c1-4-5-7(10)8-6(2)9(11)13(3)12-8/h4-5,7H,1-3H3. The van der Waals surface area contributed by atoms with Crippen molar-refractivity contribution in [1.29, 1.82) is 0 Å². The van der Waals surface area contributed by atoms with Crippen molar-refractivity contribution >= 4 is 0 Å². The van der Waals surface area contributed by atoms with Gasteiger partial charge < -0.3 is 0 Å². The van der Waals surface area contributed by atoms with Crippen molar-refractivity contribution in [2.75, 3.05) is 0 Å². The molecule has 0 spiro atoms. The molecule has 0 saturated carbocycles. The summed E-state index contributed by atoms with van der Waals surface area (Å²) in [6.45, 7) is 3.23. The molecule has 13 heavy (non-hydrogen) atoms. The molecule has 1 atom stereocenters. The Hall–Kier alpha value is -1.19. The number of aromatic nitrogens is 2. The molecular weight excluding hydrogens is 174 g/mol. The van der Waals surface area contributed by atoms with Crippen molar-refractivity contribution in [3.8, 4) is 0 Å². The fraction of sp³-hybridized carbons (Fsp3) is 0.444. The molecule has 1 aromatic heterocycles. The third-order valence-electron chi connectivity index (χ3n) is 1.86. The maximum atomic E-state index is 13.3. The lowest BCUT2D eigenvalue weighted by molar-refractivity contribution is 0.400. The zero-order chi connectivity index (χ0) is 10.0. The Morgan fingerprint density at radius 2 is 2.15 bits per heavy atom. The normalized spacial score (nSPS) is 13.9. The van der Waals surface area contributed by atoms with E-state index < -0.39 is 12.1 Å². The Balaban J connectivity index is 3.08. The second-order valence-corrected chi connectivity index (χ2v) is 2.85. The lowest BCUT2D eigenvalue weighted by atomic mass is 10.2. The smallest absolute Gasteiger partial charge is 0.214 e. The van der Waals surface area contributed by atoms with Crippen molar-refractivity contribution in [3.05, 3.63) is 29.4 Å². The van der Waals surface area contributed by atoms with Crippen LogP contribution in [0.3, 0.4) is 0 Å². The molecule has 1 heterocycles. The number of nitrogens with zero attached hydrogens (tertiary/aromatic N) is 2. The zero-order valence-corrected chi connectivity index (χ0v) is 7.88. The highest BCUT2D eigenvalue weighted by Gasteiger charge is 2.17. The monoisotopic (exact) mass is 186 g/mol. The fourth-order valence-corrected chi connectivity index (χ4v) is 1.15. The summed E-state index contributed by atoms with van der Waals surface area (Å²) in [5, 5.41) is 3.74. The van der Waals surface area contributed by atoms with Crippen LogP contribution in [0.1, 0.15) is 24.4 Å². The number of hydrogen-bond donors (Lipinski definition) is 0. The van der Waals surface area contributed by atoms with Gasteiger partial charge in [0, 0.05) is 12.6 Å². The zero-order valence-electron chi connectivity index (χ0n) is 7.88. The molecule has 0 amide bonds. The first kappa shape index (κ1) is 9.89. The van der Waals surface area contributed by atoms with Gasteiger partial charge in [0.05, 0.1) is 0 Å². The molecule has 4 heteroatoms. The molecule has 1 aromatic rings. The highest BCUT2D eigenvalue weighted by Crippen LogP contribution is 2.22. The first-order valence-electron chi connectivity index (χ1n) is 4.03. The molecule has 0 bridgehead atoms. The molecule has 1 rings (SSSR count). The Morgan fingerprint density at radius 1 is 1.54 bits per heavy atom. The van der Waals surface area contributed by atoms with Crippen LogP contribution in [-0.4, -0.2) is 9.78 Å². The van der Waals surface area contributed by atoms with E-state index in [1.165, 1.54) is 20.0 Å². The van der Waals surface area contributed by atoms with Crippen molar-refractivity contribution in [2.45, 2.75) is 20.0 Å². The molecule has 0 aliphatic carbocycles. The van der Waals surface area contributed by atoms with E-state index in [4.69, 9.17) is 0 Å². The van der Waals surface area contributed by atoms with Crippen LogP contribution in [0.2, 0.25) is 0 Å². The van der Waals surface area contributed by atoms with E-state index >= 15 is 0 Å². The van der Waals surface area contributed by atoms with Gasteiger partial charge in [0.2, 0.25) is 5.95 Å². The molecule has 0 aliphatic heterocycles. The minimum Gasteiger partial charge on any atom is -0.242 e. The highest BCUT2D eigenvalue weighted by molar-refractivity contribution is 5.22. The van der Waals surface area contributed by atoms with Crippen LogP contribution >= 0.6 is 0 Å². The molecule has 2 nitrogen and oxygen atoms in total. The predicted molar refractivity (Wildman–Crippen MR) is 46.6 cm³/mol. The first-order chi connectivity index (χ1) is 6.07. The van der Waals surface area contributed by atoms with E-state index in [0.29, 0.717) is 0 Å². The van der Waals surface area contributed by atoms with Crippen molar-refractivity contribution < 1.29 is 8.78 Å². The molecule has 0 aliphatic rings. The van der Waals surface area contributed by atoms with E-state index in [1.807, 2.05) is 0 Å². The summed E-state index contributed by atoms with van der Waals surface area (Å²) in [7, 11) is 1.45. The first-order valence-corrected chi connectivity index (χ1v) is 4.03. The number of hydrogen-bond acceptors (Lipinski definition) is 1. The Bertz CT molecular complexity index is 329. The van der Waals surface area contributed by atoms with Gasteiger partial charge in [-0.1, -0.05) is 6.08 Å². The molecule has 0 aromatic carbocycles. The van der Waals surface area contributed by atoms with Crippen LogP contribution in [-0.2, 0) is 7.05 Å².